The number of pyridine rings is 1. The van der Waals surface area contributed by atoms with Crippen molar-refractivity contribution in [3.63, 3.8) is 0 Å². The molecule has 1 aromatic heterocycles. The van der Waals surface area contributed by atoms with Gasteiger partial charge in [0.15, 0.2) is 0 Å². The highest BCUT2D eigenvalue weighted by Gasteiger charge is 2.11. The molecule has 0 fully saturated rings. The van der Waals surface area contributed by atoms with Gasteiger partial charge in [-0.3, -0.25) is 20.4 Å². The zero-order chi connectivity index (χ0) is 15.0. The molecule has 0 bridgehead atoms. The van der Waals surface area contributed by atoms with E-state index in [0.29, 0.717) is 11.3 Å². The zero-order valence-electron chi connectivity index (χ0n) is 11.8. The van der Waals surface area contributed by atoms with Crippen molar-refractivity contribution in [1.29, 1.82) is 0 Å². The second kappa shape index (κ2) is 8.11. The Morgan fingerprint density at radius 2 is 2.20 bits per heavy atom. The molecule has 5 N–H and O–H groups in total. The van der Waals surface area contributed by atoms with Gasteiger partial charge in [-0.1, -0.05) is 6.92 Å². The van der Waals surface area contributed by atoms with Gasteiger partial charge in [0.05, 0.1) is 17.4 Å². The molecule has 1 heterocycles. The topological polar surface area (TPSA) is 109 Å². The van der Waals surface area contributed by atoms with Gasteiger partial charge in [-0.25, -0.2) is 0 Å². The maximum absolute atomic E-state index is 11.9. The minimum absolute atomic E-state index is 0.0773. The minimum atomic E-state index is -0.295. The normalized spacial score (nSPS) is 11.6. The number of hydrogen-bond donors (Lipinski definition) is 4. The van der Waals surface area contributed by atoms with Gasteiger partial charge in [-0.2, -0.15) is 0 Å². The molecule has 0 saturated heterocycles. The molecule has 1 atom stereocenters. The Labute approximate surface area is 118 Å². The predicted molar refractivity (Wildman–Crippen MR) is 76.9 cm³/mol. The van der Waals surface area contributed by atoms with Crippen LogP contribution in [0.1, 0.15) is 37.0 Å². The van der Waals surface area contributed by atoms with E-state index in [9.17, 15) is 9.59 Å². The smallest absolute Gasteiger partial charge is 0.253 e. The molecule has 2 amide bonds. The summed E-state index contributed by atoms with van der Waals surface area (Å²) in [5.41, 5.74) is 3.24. The second-order valence-corrected chi connectivity index (χ2v) is 4.45. The first-order valence-electron chi connectivity index (χ1n) is 6.56. The van der Waals surface area contributed by atoms with E-state index in [1.807, 2.05) is 13.8 Å². The molecule has 0 spiro atoms. The fraction of sp³-hybridized carbons (Fsp3) is 0.462. The maximum atomic E-state index is 11.9. The second-order valence-electron chi connectivity index (χ2n) is 4.45. The Hall–Kier alpha value is -2.15. The van der Waals surface area contributed by atoms with Crippen molar-refractivity contribution < 1.29 is 9.59 Å². The molecule has 110 valence electrons. The number of rotatable bonds is 7. The van der Waals surface area contributed by atoms with E-state index >= 15 is 0 Å². The van der Waals surface area contributed by atoms with Crippen LogP contribution in [0, 0.1) is 0 Å². The summed E-state index contributed by atoms with van der Waals surface area (Å²) in [6.45, 7) is 4.21. The van der Waals surface area contributed by atoms with Crippen molar-refractivity contribution in [3.8, 4) is 0 Å². The third-order valence-corrected chi connectivity index (χ3v) is 2.88. The lowest BCUT2D eigenvalue weighted by molar-refractivity contribution is -0.121. The van der Waals surface area contributed by atoms with E-state index in [1.165, 1.54) is 12.4 Å². The van der Waals surface area contributed by atoms with Crippen molar-refractivity contribution in [2.24, 2.45) is 5.84 Å². The summed E-state index contributed by atoms with van der Waals surface area (Å²) in [5.74, 6) is 4.93. The van der Waals surface area contributed by atoms with Gasteiger partial charge in [0.2, 0.25) is 5.91 Å². The highest BCUT2D eigenvalue weighted by Crippen LogP contribution is 2.11. The summed E-state index contributed by atoms with van der Waals surface area (Å²) in [5, 5.41) is 5.51. The van der Waals surface area contributed by atoms with Crippen LogP contribution in [-0.4, -0.2) is 29.4 Å². The predicted octanol–water partition coefficient (Wildman–Crippen LogP) is 0.402. The van der Waals surface area contributed by atoms with Crippen LogP contribution in [0.5, 0.6) is 0 Å². The number of anilines is 1. The van der Waals surface area contributed by atoms with Crippen LogP contribution in [0.3, 0.4) is 0 Å². The van der Waals surface area contributed by atoms with Crippen LogP contribution in [-0.2, 0) is 4.79 Å². The Morgan fingerprint density at radius 1 is 1.45 bits per heavy atom. The summed E-state index contributed by atoms with van der Waals surface area (Å²) in [6, 6.07) is 1.70. The number of hydrazine groups is 1. The fourth-order valence-corrected chi connectivity index (χ4v) is 1.54. The molecule has 7 heteroatoms. The van der Waals surface area contributed by atoms with E-state index in [0.717, 1.165) is 6.42 Å². The molecular weight excluding hydrogens is 258 g/mol. The van der Waals surface area contributed by atoms with Crippen LogP contribution in [0.2, 0.25) is 0 Å². The lowest BCUT2D eigenvalue weighted by atomic mass is 10.2. The quantitative estimate of drug-likeness (QED) is 0.427. The van der Waals surface area contributed by atoms with Crippen LogP contribution in [0.4, 0.5) is 5.69 Å². The van der Waals surface area contributed by atoms with E-state index in [-0.39, 0.29) is 30.8 Å². The first kappa shape index (κ1) is 15.9. The van der Waals surface area contributed by atoms with Gasteiger partial charge in [0.1, 0.15) is 0 Å². The summed E-state index contributed by atoms with van der Waals surface area (Å²) in [4.78, 5) is 27.3. The fourth-order valence-electron chi connectivity index (χ4n) is 1.54. The summed E-state index contributed by atoms with van der Waals surface area (Å²) in [6.07, 6.45) is 4.09. The summed E-state index contributed by atoms with van der Waals surface area (Å²) >= 11 is 0. The lowest BCUT2D eigenvalue weighted by Gasteiger charge is -2.12. The number of carbonyl (C=O) groups is 2. The number of amides is 2. The molecule has 0 aliphatic carbocycles. The summed E-state index contributed by atoms with van der Waals surface area (Å²) < 4.78 is 0. The van der Waals surface area contributed by atoms with E-state index < -0.39 is 0 Å². The molecule has 0 aliphatic rings. The van der Waals surface area contributed by atoms with Crippen LogP contribution in [0.25, 0.3) is 0 Å². The van der Waals surface area contributed by atoms with Gasteiger partial charge in [0.25, 0.3) is 5.91 Å². The Balaban J connectivity index is 2.42. The number of hydrogen-bond acceptors (Lipinski definition) is 5. The van der Waals surface area contributed by atoms with Gasteiger partial charge in [-0.05, 0) is 19.4 Å². The molecule has 7 nitrogen and oxygen atoms in total. The number of nitrogens with zero attached hydrogens (tertiary/aromatic N) is 1. The first-order valence-corrected chi connectivity index (χ1v) is 6.56. The van der Waals surface area contributed by atoms with Crippen LogP contribution >= 0.6 is 0 Å². The Kier molecular flexibility index (Phi) is 6.45. The largest absolute Gasteiger partial charge is 0.354 e. The molecular formula is C13H21N5O2. The third kappa shape index (κ3) is 4.85. The summed E-state index contributed by atoms with van der Waals surface area (Å²) in [7, 11) is 0. The SMILES string of the molecule is CCC(C)NC(=O)CCNC(=O)c1ccncc1NN. The Bertz CT molecular complexity index is 464. The lowest BCUT2D eigenvalue weighted by Crippen LogP contribution is -2.35. The van der Waals surface area contributed by atoms with E-state index in [1.54, 1.807) is 6.07 Å². The maximum Gasteiger partial charge on any atom is 0.253 e. The molecule has 0 aromatic carbocycles. The average Bonchev–Trinajstić information content (AvgIpc) is 2.46. The number of nitrogens with one attached hydrogen (secondary N) is 3. The number of aromatic nitrogens is 1. The molecule has 0 radical (unpaired) electrons. The van der Waals surface area contributed by atoms with Crippen molar-refractivity contribution in [1.82, 2.24) is 15.6 Å². The number of nitrogen functional groups attached to an aromatic ring is 1. The highest BCUT2D eigenvalue weighted by molar-refractivity contribution is 5.99. The van der Waals surface area contributed by atoms with Crippen molar-refractivity contribution in [2.45, 2.75) is 32.7 Å². The van der Waals surface area contributed by atoms with Gasteiger partial charge in [-0.15, -0.1) is 0 Å². The standard InChI is InChI=1S/C13H21N5O2/c1-3-9(2)17-12(19)5-7-16-13(20)10-4-6-15-8-11(10)18-14/h4,6,8-9,18H,3,5,7,14H2,1-2H3,(H,16,20)(H,17,19). The van der Waals surface area contributed by atoms with Crippen molar-refractivity contribution in [3.05, 3.63) is 24.0 Å². The van der Waals surface area contributed by atoms with Crippen molar-refractivity contribution >= 4 is 17.5 Å². The van der Waals surface area contributed by atoms with Crippen LogP contribution in [0.15, 0.2) is 18.5 Å². The molecule has 20 heavy (non-hydrogen) atoms. The monoisotopic (exact) mass is 279 g/mol. The first-order chi connectivity index (χ1) is 9.58. The van der Waals surface area contributed by atoms with Gasteiger partial charge < -0.3 is 16.1 Å². The average molecular weight is 279 g/mol. The molecule has 0 aliphatic heterocycles. The molecule has 0 saturated carbocycles. The zero-order valence-corrected chi connectivity index (χ0v) is 11.8. The van der Waals surface area contributed by atoms with E-state index in [2.05, 4.69) is 21.0 Å². The Morgan fingerprint density at radius 3 is 2.85 bits per heavy atom. The van der Waals surface area contributed by atoms with E-state index in [4.69, 9.17) is 5.84 Å². The van der Waals surface area contributed by atoms with Gasteiger partial charge in [0, 0.05) is 25.2 Å². The third-order valence-electron chi connectivity index (χ3n) is 2.88. The van der Waals surface area contributed by atoms with Crippen molar-refractivity contribution in [2.75, 3.05) is 12.0 Å². The molecule has 1 aromatic rings. The highest BCUT2D eigenvalue weighted by atomic mass is 16.2. The number of nitrogens with two attached hydrogens (primary N) is 1. The van der Waals surface area contributed by atoms with Gasteiger partial charge >= 0.3 is 0 Å². The van der Waals surface area contributed by atoms with Crippen LogP contribution < -0.4 is 21.9 Å². The minimum Gasteiger partial charge on any atom is -0.354 e. The number of carbonyl (C=O) groups excluding carboxylic acids is 2. The molecule has 1 rings (SSSR count). The molecule has 1 unspecified atom stereocenters.